The van der Waals surface area contributed by atoms with Crippen molar-refractivity contribution in [1.29, 1.82) is 0 Å². The highest BCUT2D eigenvalue weighted by Crippen LogP contribution is 2.37. The molecule has 0 N–H and O–H groups in total. The van der Waals surface area contributed by atoms with Gasteiger partial charge in [-0.3, -0.25) is 9.97 Å². The lowest BCUT2D eigenvalue weighted by atomic mass is 10.1. The Bertz CT molecular complexity index is 1650. The Hall–Kier alpha value is -4.44. The lowest BCUT2D eigenvalue weighted by Gasteiger charge is -2.10. The van der Waals surface area contributed by atoms with Crippen LogP contribution in [0.25, 0.3) is 38.6 Å². The summed E-state index contributed by atoms with van der Waals surface area (Å²) in [4.78, 5) is 14.2. The minimum atomic E-state index is 0.361. The molecule has 0 aliphatic rings. The van der Waals surface area contributed by atoms with Gasteiger partial charge in [0.15, 0.2) is 5.76 Å². The molecule has 6 aromatic rings. The fourth-order valence-electron chi connectivity index (χ4n) is 3.85. The van der Waals surface area contributed by atoms with E-state index in [4.69, 9.17) is 18.6 Å². The number of imidazole rings is 1. The molecule has 4 heterocycles. The van der Waals surface area contributed by atoms with Gasteiger partial charge >= 0.3 is 0 Å². The monoisotopic (exact) mass is 499 g/mol. The van der Waals surface area contributed by atoms with Crippen molar-refractivity contribution in [2.75, 3.05) is 14.2 Å². The fraction of sp³-hybridized carbons (Fsp3) is 0.154. The average molecular weight is 500 g/mol. The van der Waals surface area contributed by atoms with Gasteiger partial charge in [-0.15, -0.1) is 5.10 Å². The summed E-state index contributed by atoms with van der Waals surface area (Å²) in [5, 5.41) is 5.70. The molecule has 0 saturated carbocycles. The summed E-state index contributed by atoms with van der Waals surface area (Å²) < 4.78 is 24.7. The quantitative estimate of drug-likeness (QED) is 0.281. The summed E-state index contributed by atoms with van der Waals surface area (Å²) >= 11 is 1.36. The SMILES string of the molecule is COc1cc(OCc2cccc(-c3cnc(C)cn3)c2)c2cc(-c3cn4nc(OC)sc4n3)oc2c1. The summed E-state index contributed by atoms with van der Waals surface area (Å²) in [5.74, 6) is 1.90. The number of rotatable bonds is 7. The number of nitrogens with zero attached hydrogens (tertiary/aromatic N) is 5. The van der Waals surface area contributed by atoms with Crippen molar-refractivity contribution in [3.8, 4) is 39.4 Å². The second-order valence-electron chi connectivity index (χ2n) is 8.11. The van der Waals surface area contributed by atoms with Crippen LogP contribution in [0.15, 0.2) is 65.5 Å². The standard InChI is InChI=1S/C26H21N5O4S/c1-15-11-28-20(12-27-15)17-6-4-5-16(7-17)14-34-22-8-18(32-2)9-23-19(22)10-24(35-23)21-13-31-25(29-21)36-26(30-31)33-3/h4-13H,14H2,1-3H3. The van der Waals surface area contributed by atoms with E-state index < -0.39 is 0 Å². The van der Waals surface area contributed by atoms with Gasteiger partial charge in [0.2, 0.25) is 4.96 Å². The zero-order chi connectivity index (χ0) is 24.6. The Morgan fingerprint density at radius 3 is 2.69 bits per heavy atom. The van der Waals surface area contributed by atoms with Crippen LogP contribution in [-0.2, 0) is 6.61 Å². The van der Waals surface area contributed by atoms with Crippen molar-refractivity contribution in [2.45, 2.75) is 13.5 Å². The van der Waals surface area contributed by atoms with E-state index in [0.717, 1.165) is 32.9 Å². The number of benzene rings is 2. The van der Waals surface area contributed by atoms with Gasteiger partial charge < -0.3 is 18.6 Å². The molecule has 0 bridgehead atoms. The van der Waals surface area contributed by atoms with Crippen LogP contribution < -0.4 is 14.2 Å². The van der Waals surface area contributed by atoms with Crippen LogP contribution in [0.5, 0.6) is 16.7 Å². The van der Waals surface area contributed by atoms with Crippen molar-refractivity contribution >= 4 is 27.3 Å². The Morgan fingerprint density at radius 2 is 1.92 bits per heavy atom. The molecule has 0 aliphatic heterocycles. The lowest BCUT2D eigenvalue weighted by Crippen LogP contribution is -1.97. The minimum Gasteiger partial charge on any atom is -0.496 e. The predicted molar refractivity (Wildman–Crippen MR) is 136 cm³/mol. The summed E-state index contributed by atoms with van der Waals surface area (Å²) in [7, 11) is 3.20. The van der Waals surface area contributed by atoms with Crippen LogP contribution in [0, 0.1) is 6.92 Å². The van der Waals surface area contributed by atoms with Gasteiger partial charge in [-0.1, -0.05) is 18.2 Å². The first kappa shape index (κ1) is 22.1. The van der Waals surface area contributed by atoms with Crippen molar-refractivity contribution in [3.05, 3.63) is 72.3 Å². The van der Waals surface area contributed by atoms with E-state index in [1.165, 1.54) is 11.3 Å². The lowest BCUT2D eigenvalue weighted by molar-refractivity contribution is 0.307. The zero-order valence-corrected chi connectivity index (χ0v) is 20.6. The molecule has 0 radical (unpaired) electrons. The number of hydrogen-bond acceptors (Lipinski definition) is 9. The zero-order valence-electron chi connectivity index (χ0n) is 19.8. The summed E-state index contributed by atoms with van der Waals surface area (Å²) in [6, 6.07) is 13.7. The molecule has 0 fully saturated rings. The molecule has 0 aliphatic carbocycles. The Morgan fingerprint density at radius 1 is 1.00 bits per heavy atom. The van der Waals surface area contributed by atoms with E-state index in [-0.39, 0.29) is 0 Å². The van der Waals surface area contributed by atoms with E-state index in [1.54, 1.807) is 31.1 Å². The molecule has 0 saturated heterocycles. The van der Waals surface area contributed by atoms with Crippen LogP contribution in [0.4, 0.5) is 0 Å². The Kier molecular flexibility index (Phi) is 5.49. The molecule has 2 aromatic carbocycles. The van der Waals surface area contributed by atoms with Crippen molar-refractivity contribution in [1.82, 2.24) is 24.6 Å². The van der Waals surface area contributed by atoms with Crippen molar-refractivity contribution in [3.63, 3.8) is 0 Å². The highest BCUT2D eigenvalue weighted by molar-refractivity contribution is 7.18. The van der Waals surface area contributed by atoms with Crippen LogP contribution in [0.1, 0.15) is 11.3 Å². The van der Waals surface area contributed by atoms with E-state index in [0.29, 0.717) is 40.3 Å². The molecule has 9 nitrogen and oxygen atoms in total. The summed E-state index contributed by atoms with van der Waals surface area (Å²) in [6.07, 6.45) is 5.35. The molecule has 180 valence electrons. The first-order valence-corrected chi connectivity index (χ1v) is 11.9. The fourth-order valence-corrected chi connectivity index (χ4v) is 4.55. The number of hydrogen-bond donors (Lipinski definition) is 0. The molecular weight excluding hydrogens is 478 g/mol. The van der Waals surface area contributed by atoms with Gasteiger partial charge in [0, 0.05) is 23.9 Å². The van der Waals surface area contributed by atoms with Gasteiger partial charge in [-0.05, 0) is 36.0 Å². The molecule has 6 rings (SSSR count). The first-order valence-electron chi connectivity index (χ1n) is 11.1. The summed E-state index contributed by atoms with van der Waals surface area (Å²) in [6.45, 7) is 2.28. The maximum Gasteiger partial charge on any atom is 0.294 e. The number of methoxy groups -OCH3 is 2. The number of furan rings is 1. The average Bonchev–Trinajstić information content (AvgIpc) is 3.60. The molecule has 4 aromatic heterocycles. The highest BCUT2D eigenvalue weighted by atomic mass is 32.1. The molecule has 0 unspecified atom stereocenters. The maximum absolute atomic E-state index is 6.25. The van der Waals surface area contributed by atoms with Gasteiger partial charge in [0.05, 0.1) is 43.4 Å². The van der Waals surface area contributed by atoms with Gasteiger partial charge in [0.1, 0.15) is 29.4 Å². The topological polar surface area (TPSA) is 96.8 Å². The number of aryl methyl sites for hydroxylation is 1. The second-order valence-corrected chi connectivity index (χ2v) is 9.02. The van der Waals surface area contributed by atoms with Gasteiger partial charge in [-0.25, -0.2) is 9.50 Å². The smallest absolute Gasteiger partial charge is 0.294 e. The van der Waals surface area contributed by atoms with E-state index >= 15 is 0 Å². The number of ether oxygens (including phenoxy) is 3. The van der Waals surface area contributed by atoms with Gasteiger partial charge in [-0.2, -0.15) is 0 Å². The van der Waals surface area contributed by atoms with Crippen LogP contribution in [0.3, 0.4) is 0 Å². The van der Waals surface area contributed by atoms with E-state index in [1.807, 2.05) is 49.5 Å². The van der Waals surface area contributed by atoms with Gasteiger partial charge in [0.25, 0.3) is 5.19 Å². The predicted octanol–water partition coefficient (Wildman–Crippen LogP) is 5.57. The second kappa shape index (κ2) is 8.97. The van der Waals surface area contributed by atoms with E-state index in [2.05, 4.69) is 26.1 Å². The molecular formula is C26H21N5O4S. The Balaban J connectivity index is 1.30. The van der Waals surface area contributed by atoms with Crippen LogP contribution in [0.2, 0.25) is 0 Å². The molecule has 0 amide bonds. The molecule has 36 heavy (non-hydrogen) atoms. The summed E-state index contributed by atoms with van der Waals surface area (Å²) in [5.41, 5.74) is 5.00. The van der Waals surface area contributed by atoms with Crippen molar-refractivity contribution < 1.29 is 18.6 Å². The minimum absolute atomic E-state index is 0.361. The molecule has 0 spiro atoms. The third kappa shape index (κ3) is 4.11. The van der Waals surface area contributed by atoms with Crippen LogP contribution in [-0.4, -0.2) is 38.8 Å². The third-order valence-electron chi connectivity index (χ3n) is 5.66. The largest absolute Gasteiger partial charge is 0.496 e. The molecule has 10 heteroatoms. The van der Waals surface area contributed by atoms with Crippen LogP contribution >= 0.6 is 11.3 Å². The normalized spacial score (nSPS) is 11.3. The maximum atomic E-state index is 6.25. The number of fused-ring (bicyclic) bond motifs is 2. The molecule has 0 atom stereocenters. The van der Waals surface area contributed by atoms with Crippen molar-refractivity contribution in [2.24, 2.45) is 0 Å². The Labute approximate surface area is 209 Å². The van der Waals surface area contributed by atoms with E-state index in [9.17, 15) is 0 Å². The number of aromatic nitrogens is 5. The highest BCUT2D eigenvalue weighted by Gasteiger charge is 2.17. The third-order valence-corrected chi connectivity index (χ3v) is 6.54. The first-order chi connectivity index (χ1) is 17.6.